The number of hydrogen-bond acceptors (Lipinski definition) is 4. The van der Waals surface area contributed by atoms with Crippen molar-refractivity contribution >= 4 is 17.5 Å². The van der Waals surface area contributed by atoms with E-state index in [9.17, 15) is 9.59 Å². The third kappa shape index (κ3) is 2.39. The van der Waals surface area contributed by atoms with Crippen molar-refractivity contribution < 1.29 is 19.1 Å². The maximum atomic E-state index is 12.7. The van der Waals surface area contributed by atoms with Crippen LogP contribution in [0, 0.1) is 6.92 Å². The molecule has 2 aromatic carbocycles. The second kappa shape index (κ2) is 5.21. The van der Waals surface area contributed by atoms with E-state index in [4.69, 9.17) is 9.47 Å². The fourth-order valence-corrected chi connectivity index (χ4v) is 2.75. The van der Waals surface area contributed by atoms with E-state index < -0.39 is 0 Å². The summed E-state index contributed by atoms with van der Waals surface area (Å²) in [7, 11) is 0. The summed E-state index contributed by atoms with van der Waals surface area (Å²) in [6.45, 7) is 3.03. The molecule has 0 aliphatic carbocycles. The van der Waals surface area contributed by atoms with Gasteiger partial charge >= 0.3 is 0 Å². The summed E-state index contributed by atoms with van der Waals surface area (Å²) in [4.78, 5) is 26.5. The van der Waals surface area contributed by atoms with Crippen LogP contribution in [0.4, 0.5) is 5.69 Å². The summed E-state index contributed by atoms with van der Waals surface area (Å²) >= 11 is 0. The SMILES string of the molecule is Cc1cccc2c1C(=O)N(c1cccc(OCC3CO3)c1)C2=O. The molecule has 0 radical (unpaired) electrons. The van der Waals surface area contributed by atoms with Gasteiger partial charge in [0.1, 0.15) is 18.5 Å². The van der Waals surface area contributed by atoms with Gasteiger partial charge in [0.25, 0.3) is 11.8 Å². The molecule has 1 atom stereocenters. The number of hydrogen-bond donors (Lipinski definition) is 0. The van der Waals surface area contributed by atoms with Gasteiger partial charge in [0.15, 0.2) is 0 Å². The molecule has 2 aliphatic heterocycles. The van der Waals surface area contributed by atoms with E-state index in [1.54, 1.807) is 36.4 Å². The number of ether oxygens (including phenoxy) is 2. The van der Waals surface area contributed by atoms with Crippen molar-refractivity contribution in [3.8, 4) is 5.75 Å². The van der Waals surface area contributed by atoms with Gasteiger partial charge in [-0.2, -0.15) is 0 Å². The average Bonchev–Trinajstić information content (AvgIpc) is 3.33. The summed E-state index contributed by atoms with van der Waals surface area (Å²) in [5, 5.41) is 0. The molecule has 1 unspecified atom stereocenters. The number of amides is 2. The fraction of sp³-hybridized carbons (Fsp3) is 0.222. The van der Waals surface area contributed by atoms with Crippen LogP contribution in [0.15, 0.2) is 42.5 Å². The second-order valence-corrected chi connectivity index (χ2v) is 5.71. The number of fused-ring (bicyclic) bond motifs is 1. The number of anilines is 1. The Hall–Kier alpha value is -2.66. The average molecular weight is 309 g/mol. The van der Waals surface area contributed by atoms with Gasteiger partial charge in [0.05, 0.1) is 23.4 Å². The Kier molecular flexibility index (Phi) is 3.16. The number of rotatable bonds is 4. The second-order valence-electron chi connectivity index (χ2n) is 5.71. The molecule has 5 heteroatoms. The van der Waals surface area contributed by atoms with E-state index >= 15 is 0 Å². The summed E-state index contributed by atoms with van der Waals surface area (Å²) in [5.41, 5.74) is 2.26. The lowest BCUT2D eigenvalue weighted by Gasteiger charge is -2.15. The molecule has 1 saturated heterocycles. The van der Waals surface area contributed by atoms with E-state index in [0.29, 0.717) is 29.2 Å². The van der Waals surface area contributed by atoms with Crippen LogP contribution < -0.4 is 9.64 Å². The molecule has 23 heavy (non-hydrogen) atoms. The summed E-state index contributed by atoms with van der Waals surface area (Å²) in [5.74, 6) is 0.0356. The molecular formula is C18H15NO4. The highest BCUT2D eigenvalue weighted by Gasteiger charge is 2.37. The van der Waals surface area contributed by atoms with Crippen LogP contribution in [0.2, 0.25) is 0 Å². The van der Waals surface area contributed by atoms with Crippen molar-refractivity contribution in [3.05, 3.63) is 59.2 Å². The van der Waals surface area contributed by atoms with Crippen LogP contribution in [0.5, 0.6) is 5.75 Å². The molecule has 116 valence electrons. The van der Waals surface area contributed by atoms with Crippen LogP contribution in [0.1, 0.15) is 26.3 Å². The Bertz CT molecular complexity index is 810. The Morgan fingerprint density at radius 2 is 1.96 bits per heavy atom. The Labute approximate surface area is 133 Å². The molecule has 4 rings (SSSR count). The minimum absolute atomic E-state index is 0.153. The normalized spacial score (nSPS) is 19.0. The van der Waals surface area contributed by atoms with Gasteiger partial charge in [-0.1, -0.05) is 18.2 Å². The first-order valence-corrected chi connectivity index (χ1v) is 7.48. The van der Waals surface area contributed by atoms with Gasteiger partial charge in [-0.25, -0.2) is 4.90 Å². The molecule has 2 amide bonds. The van der Waals surface area contributed by atoms with Crippen LogP contribution >= 0.6 is 0 Å². The van der Waals surface area contributed by atoms with Crippen LogP contribution in [-0.4, -0.2) is 31.1 Å². The van der Waals surface area contributed by atoms with Crippen LogP contribution in [0.3, 0.4) is 0 Å². The predicted molar refractivity (Wildman–Crippen MR) is 84.0 cm³/mol. The molecule has 0 saturated carbocycles. The zero-order valence-corrected chi connectivity index (χ0v) is 12.6. The third-order valence-electron chi connectivity index (χ3n) is 4.04. The smallest absolute Gasteiger partial charge is 0.266 e. The highest BCUT2D eigenvalue weighted by Crippen LogP contribution is 2.32. The van der Waals surface area contributed by atoms with Crippen molar-refractivity contribution in [2.75, 3.05) is 18.1 Å². The first kappa shape index (κ1) is 14.0. The van der Waals surface area contributed by atoms with E-state index in [1.807, 2.05) is 13.0 Å². The lowest BCUT2D eigenvalue weighted by molar-refractivity contribution is 0.0926. The van der Waals surface area contributed by atoms with Gasteiger partial charge in [-0.05, 0) is 30.7 Å². The van der Waals surface area contributed by atoms with E-state index in [0.717, 1.165) is 12.2 Å². The maximum Gasteiger partial charge on any atom is 0.266 e. The van der Waals surface area contributed by atoms with Gasteiger partial charge < -0.3 is 9.47 Å². The van der Waals surface area contributed by atoms with Crippen molar-refractivity contribution in [1.82, 2.24) is 0 Å². The largest absolute Gasteiger partial charge is 0.491 e. The molecule has 1 fully saturated rings. The van der Waals surface area contributed by atoms with Crippen molar-refractivity contribution in [2.24, 2.45) is 0 Å². The first-order chi connectivity index (χ1) is 11.1. The number of imide groups is 1. The van der Waals surface area contributed by atoms with E-state index in [2.05, 4.69) is 0 Å². The molecule has 2 aromatic rings. The van der Waals surface area contributed by atoms with Gasteiger partial charge in [-0.15, -0.1) is 0 Å². The van der Waals surface area contributed by atoms with Crippen LogP contribution in [0.25, 0.3) is 0 Å². The highest BCUT2D eigenvalue weighted by atomic mass is 16.6. The van der Waals surface area contributed by atoms with E-state index in [-0.39, 0.29) is 17.9 Å². The minimum atomic E-state index is -0.295. The van der Waals surface area contributed by atoms with E-state index in [1.165, 1.54) is 4.90 Å². The Balaban J connectivity index is 1.66. The number of epoxide rings is 1. The van der Waals surface area contributed by atoms with Gasteiger partial charge in [0, 0.05) is 6.07 Å². The molecule has 0 bridgehead atoms. The number of nitrogens with zero attached hydrogens (tertiary/aromatic N) is 1. The zero-order chi connectivity index (χ0) is 16.0. The molecule has 5 nitrogen and oxygen atoms in total. The molecule has 0 spiro atoms. The lowest BCUT2D eigenvalue weighted by atomic mass is 10.0. The monoisotopic (exact) mass is 309 g/mol. The van der Waals surface area contributed by atoms with Crippen molar-refractivity contribution in [3.63, 3.8) is 0 Å². The van der Waals surface area contributed by atoms with Crippen molar-refractivity contribution in [2.45, 2.75) is 13.0 Å². The third-order valence-corrected chi connectivity index (χ3v) is 4.04. The number of carbonyl (C=O) groups excluding carboxylic acids is 2. The first-order valence-electron chi connectivity index (χ1n) is 7.48. The molecule has 0 N–H and O–H groups in total. The summed E-state index contributed by atoms with van der Waals surface area (Å²) in [6, 6.07) is 12.3. The molecule has 2 aliphatic rings. The Morgan fingerprint density at radius 1 is 1.17 bits per heavy atom. The summed E-state index contributed by atoms with van der Waals surface area (Å²) < 4.78 is 10.7. The molecular weight excluding hydrogens is 294 g/mol. The fourth-order valence-electron chi connectivity index (χ4n) is 2.75. The number of aryl methyl sites for hydroxylation is 1. The molecule has 0 aromatic heterocycles. The Morgan fingerprint density at radius 3 is 2.70 bits per heavy atom. The predicted octanol–water partition coefficient (Wildman–Crippen LogP) is 2.57. The van der Waals surface area contributed by atoms with Crippen LogP contribution in [-0.2, 0) is 4.74 Å². The topological polar surface area (TPSA) is 59.1 Å². The number of carbonyl (C=O) groups is 2. The van der Waals surface area contributed by atoms with Gasteiger partial charge in [0.2, 0.25) is 0 Å². The molecule has 2 heterocycles. The van der Waals surface area contributed by atoms with Crippen molar-refractivity contribution in [1.29, 1.82) is 0 Å². The summed E-state index contributed by atoms with van der Waals surface area (Å²) in [6.07, 6.45) is 0.153. The lowest BCUT2D eigenvalue weighted by Crippen LogP contribution is -2.29. The zero-order valence-electron chi connectivity index (χ0n) is 12.6. The minimum Gasteiger partial charge on any atom is -0.491 e. The maximum absolute atomic E-state index is 12.7. The highest BCUT2D eigenvalue weighted by molar-refractivity contribution is 6.34. The number of benzene rings is 2. The quantitative estimate of drug-likeness (QED) is 0.643. The van der Waals surface area contributed by atoms with Gasteiger partial charge in [-0.3, -0.25) is 9.59 Å². The standard InChI is InChI=1S/C18H15NO4/c1-11-4-2-7-15-16(11)18(21)19(17(15)20)12-5-3-6-13(8-12)22-9-14-10-23-14/h2-8,14H,9-10H2,1H3.